The van der Waals surface area contributed by atoms with E-state index in [2.05, 4.69) is 5.32 Å². The molecule has 1 aliphatic rings. The van der Waals surface area contributed by atoms with Crippen LogP contribution in [0.3, 0.4) is 0 Å². The summed E-state index contributed by atoms with van der Waals surface area (Å²) in [5, 5.41) is 12.0. The molecule has 0 spiro atoms. The number of halogens is 1. The monoisotopic (exact) mass is 428 g/mol. The third-order valence-corrected chi connectivity index (χ3v) is 3.78. The second-order valence-corrected chi connectivity index (χ2v) is 6.17. The molecule has 1 aromatic carbocycles. The zero-order valence-electron chi connectivity index (χ0n) is 12.6. The quantitative estimate of drug-likeness (QED) is 0.260. The number of nitrogens with one attached hydrogen (secondary N) is 1. The standard InChI is InChI=1S/C15H13IN2O5/c1-15(2)22-13(19)12(14(20)23-15)11(7-17)18-10-5-4-8(21-3)6-9(10)16/h4-6,18H,1-3H3. The minimum atomic E-state index is -1.35. The van der Waals surface area contributed by atoms with Gasteiger partial charge in [-0.2, -0.15) is 5.26 Å². The summed E-state index contributed by atoms with van der Waals surface area (Å²) in [6.07, 6.45) is 0. The minimum Gasteiger partial charge on any atom is -0.497 e. The average Bonchev–Trinajstić information content (AvgIpc) is 2.45. The van der Waals surface area contributed by atoms with Crippen LogP contribution >= 0.6 is 22.6 Å². The van der Waals surface area contributed by atoms with Crippen LogP contribution in [0.5, 0.6) is 5.75 Å². The number of carbonyl (C=O) groups is 2. The zero-order valence-corrected chi connectivity index (χ0v) is 14.8. The largest absolute Gasteiger partial charge is 0.497 e. The van der Waals surface area contributed by atoms with Crippen molar-refractivity contribution < 1.29 is 23.8 Å². The minimum absolute atomic E-state index is 0.237. The van der Waals surface area contributed by atoms with Crippen LogP contribution in [-0.4, -0.2) is 24.8 Å². The molecule has 1 N–H and O–H groups in total. The van der Waals surface area contributed by atoms with Gasteiger partial charge in [0.2, 0.25) is 0 Å². The van der Waals surface area contributed by atoms with Crippen molar-refractivity contribution in [1.82, 2.24) is 0 Å². The van der Waals surface area contributed by atoms with Gasteiger partial charge in [0.25, 0.3) is 5.79 Å². The first-order valence-electron chi connectivity index (χ1n) is 6.49. The molecule has 0 atom stereocenters. The van der Waals surface area contributed by atoms with Gasteiger partial charge in [-0.25, -0.2) is 9.59 Å². The molecule has 1 aromatic rings. The number of anilines is 1. The predicted octanol–water partition coefficient (Wildman–Crippen LogP) is 2.33. The highest BCUT2D eigenvalue weighted by Gasteiger charge is 2.41. The van der Waals surface area contributed by atoms with Crippen LogP contribution in [0.25, 0.3) is 0 Å². The number of ether oxygens (including phenoxy) is 3. The van der Waals surface area contributed by atoms with E-state index < -0.39 is 23.3 Å². The van der Waals surface area contributed by atoms with E-state index in [9.17, 15) is 14.9 Å². The van der Waals surface area contributed by atoms with Crippen LogP contribution in [0.15, 0.2) is 29.5 Å². The van der Waals surface area contributed by atoms with E-state index in [1.165, 1.54) is 21.0 Å². The fourth-order valence-electron chi connectivity index (χ4n) is 1.86. The Kier molecular flexibility index (Phi) is 4.79. The lowest BCUT2D eigenvalue weighted by Crippen LogP contribution is -2.42. The Bertz CT molecular complexity index is 727. The smallest absolute Gasteiger partial charge is 0.351 e. The Morgan fingerprint density at radius 3 is 2.39 bits per heavy atom. The lowest BCUT2D eigenvalue weighted by molar-refractivity contribution is -0.222. The number of hydrogen-bond acceptors (Lipinski definition) is 7. The predicted molar refractivity (Wildman–Crippen MR) is 88.2 cm³/mol. The molecule has 120 valence electrons. The van der Waals surface area contributed by atoms with Gasteiger partial charge in [-0.05, 0) is 40.8 Å². The van der Waals surface area contributed by atoms with Gasteiger partial charge < -0.3 is 19.5 Å². The molecule has 1 fully saturated rings. The number of nitrogens with zero attached hydrogens (tertiary/aromatic N) is 1. The van der Waals surface area contributed by atoms with E-state index in [1.54, 1.807) is 24.3 Å². The Morgan fingerprint density at radius 2 is 1.91 bits per heavy atom. The summed E-state index contributed by atoms with van der Waals surface area (Å²) in [6, 6.07) is 6.89. The zero-order chi connectivity index (χ0) is 17.2. The highest BCUT2D eigenvalue weighted by molar-refractivity contribution is 14.1. The summed E-state index contributed by atoms with van der Waals surface area (Å²) in [4.78, 5) is 24.0. The van der Waals surface area contributed by atoms with Crippen LogP contribution < -0.4 is 10.1 Å². The van der Waals surface area contributed by atoms with Crippen LogP contribution in [0.2, 0.25) is 0 Å². The maximum atomic E-state index is 12.0. The number of esters is 2. The number of carbonyl (C=O) groups excluding carboxylic acids is 2. The van der Waals surface area contributed by atoms with Crippen molar-refractivity contribution in [3.05, 3.63) is 33.0 Å². The second-order valence-electron chi connectivity index (χ2n) is 5.01. The van der Waals surface area contributed by atoms with E-state index in [4.69, 9.17) is 14.2 Å². The molecule has 1 heterocycles. The number of hydrogen-bond donors (Lipinski definition) is 1. The maximum Gasteiger partial charge on any atom is 0.351 e. The molecule has 0 amide bonds. The summed E-state index contributed by atoms with van der Waals surface area (Å²) in [5.74, 6) is -2.52. The number of allylic oxidation sites excluding steroid dienone is 1. The Morgan fingerprint density at radius 1 is 1.30 bits per heavy atom. The Balaban J connectivity index is 2.38. The lowest BCUT2D eigenvalue weighted by Gasteiger charge is -2.30. The van der Waals surface area contributed by atoms with Crippen LogP contribution in [-0.2, 0) is 19.1 Å². The van der Waals surface area contributed by atoms with Crippen molar-refractivity contribution in [2.24, 2.45) is 0 Å². The van der Waals surface area contributed by atoms with E-state index in [-0.39, 0.29) is 5.70 Å². The molecule has 0 aromatic heterocycles. The molecular formula is C15H13IN2O5. The van der Waals surface area contributed by atoms with Gasteiger partial charge in [-0.1, -0.05) is 0 Å². The molecule has 7 nitrogen and oxygen atoms in total. The van der Waals surface area contributed by atoms with Gasteiger partial charge in [0.05, 0.1) is 12.8 Å². The van der Waals surface area contributed by atoms with E-state index in [0.29, 0.717) is 11.4 Å². The highest BCUT2D eigenvalue weighted by Crippen LogP contribution is 2.28. The van der Waals surface area contributed by atoms with Gasteiger partial charge in [0, 0.05) is 17.4 Å². The summed E-state index contributed by atoms with van der Waals surface area (Å²) < 4.78 is 15.8. The van der Waals surface area contributed by atoms with Gasteiger partial charge >= 0.3 is 11.9 Å². The van der Waals surface area contributed by atoms with Crippen molar-refractivity contribution in [1.29, 1.82) is 5.26 Å². The van der Waals surface area contributed by atoms with Crippen LogP contribution in [0.4, 0.5) is 5.69 Å². The molecule has 1 aliphatic heterocycles. The molecule has 2 rings (SSSR count). The van der Waals surface area contributed by atoms with Crippen LogP contribution in [0, 0.1) is 14.9 Å². The average molecular weight is 428 g/mol. The summed E-state index contributed by atoms with van der Waals surface area (Å²) in [7, 11) is 1.54. The summed E-state index contributed by atoms with van der Waals surface area (Å²) in [6.45, 7) is 2.87. The first-order valence-corrected chi connectivity index (χ1v) is 7.57. The van der Waals surface area contributed by atoms with E-state index in [1.807, 2.05) is 22.6 Å². The number of rotatable bonds is 3. The van der Waals surface area contributed by atoms with Crippen molar-refractivity contribution in [3.63, 3.8) is 0 Å². The SMILES string of the molecule is COc1ccc(NC(C#N)=C2C(=O)OC(C)(C)OC2=O)c(I)c1. The summed E-state index contributed by atoms with van der Waals surface area (Å²) in [5.41, 5.74) is -0.155. The van der Waals surface area contributed by atoms with E-state index >= 15 is 0 Å². The third kappa shape index (κ3) is 3.73. The maximum absolute atomic E-state index is 12.0. The molecule has 0 saturated carbocycles. The van der Waals surface area contributed by atoms with Crippen molar-refractivity contribution in [2.75, 3.05) is 12.4 Å². The Labute approximate surface area is 146 Å². The fourth-order valence-corrected chi connectivity index (χ4v) is 2.48. The molecule has 8 heteroatoms. The normalized spacial score (nSPS) is 16.0. The fraction of sp³-hybridized carbons (Fsp3) is 0.267. The molecule has 0 radical (unpaired) electrons. The number of benzene rings is 1. The topological polar surface area (TPSA) is 97.7 Å². The summed E-state index contributed by atoms with van der Waals surface area (Å²) >= 11 is 2.04. The molecular weight excluding hydrogens is 415 g/mol. The molecule has 0 unspecified atom stereocenters. The number of cyclic esters (lactones) is 2. The molecule has 1 saturated heterocycles. The van der Waals surface area contributed by atoms with Crippen molar-refractivity contribution in [2.45, 2.75) is 19.6 Å². The van der Waals surface area contributed by atoms with Gasteiger partial charge in [0.15, 0.2) is 5.57 Å². The second kappa shape index (κ2) is 6.45. The Hall–Kier alpha value is -2.28. The third-order valence-electron chi connectivity index (χ3n) is 2.88. The highest BCUT2D eigenvalue weighted by atomic mass is 127. The molecule has 23 heavy (non-hydrogen) atoms. The molecule has 0 bridgehead atoms. The van der Waals surface area contributed by atoms with Gasteiger partial charge in [0.1, 0.15) is 17.5 Å². The number of nitriles is 1. The number of methoxy groups -OCH3 is 1. The van der Waals surface area contributed by atoms with Crippen molar-refractivity contribution in [3.8, 4) is 11.8 Å². The molecule has 0 aliphatic carbocycles. The first kappa shape index (κ1) is 17.1. The van der Waals surface area contributed by atoms with Gasteiger partial charge in [-0.3, -0.25) is 0 Å². The van der Waals surface area contributed by atoms with E-state index in [0.717, 1.165) is 3.57 Å². The van der Waals surface area contributed by atoms with Crippen molar-refractivity contribution >= 4 is 40.2 Å². The van der Waals surface area contributed by atoms with Gasteiger partial charge in [-0.15, -0.1) is 0 Å². The van der Waals surface area contributed by atoms with Crippen LogP contribution in [0.1, 0.15) is 13.8 Å². The lowest BCUT2D eigenvalue weighted by atomic mass is 10.1. The first-order chi connectivity index (χ1) is 10.8.